The van der Waals surface area contributed by atoms with Crippen LogP contribution in [-0.4, -0.2) is 16.4 Å². The number of nitrogens with two attached hydrogens (primary N) is 2. The predicted octanol–water partition coefficient (Wildman–Crippen LogP) is -0.496. The Kier molecular flexibility index (Phi) is 2.03. The molecule has 56 valence electrons. The van der Waals surface area contributed by atoms with Gasteiger partial charge in [-0.25, -0.2) is 0 Å². The van der Waals surface area contributed by atoms with Crippen molar-refractivity contribution >= 4 is 0 Å². The minimum atomic E-state index is -0.303. The summed E-state index contributed by atoms with van der Waals surface area (Å²) in [6, 6.07) is 1.94. The number of nitrogens with zero attached hydrogens (tertiary/aromatic N) is 1. The average molecular weight is 140 g/mol. The molecular formula is C6H12N4. The number of aromatic amines is 1. The summed E-state index contributed by atoms with van der Waals surface area (Å²) < 4.78 is 0. The first-order valence-corrected chi connectivity index (χ1v) is 3.20. The van der Waals surface area contributed by atoms with Crippen molar-refractivity contribution in [2.24, 2.45) is 11.5 Å². The molecule has 1 rings (SSSR count). The summed E-state index contributed by atoms with van der Waals surface area (Å²) >= 11 is 0. The monoisotopic (exact) mass is 140 g/mol. The minimum Gasteiger partial charge on any atom is -0.316 e. The van der Waals surface area contributed by atoms with Gasteiger partial charge in [-0.05, 0) is 13.0 Å². The van der Waals surface area contributed by atoms with Gasteiger partial charge in [-0.2, -0.15) is 5.10 Å². The third-order valence-electron chi connectivity index (χ3n) is 1.20. The van der Waals surface area contributed by atoms with E-state index in [1.54, 1.807) is 0 Å². The van der Waals surface area contributed by atoms with E-state index in [0.29, 0.717) is 6.42 Å². The molecule has 4 nitrogen and oxygen atoms in total. The summed E-state index contributed by atoms with van der Waals surface area (Å²) in [7, 11) is 0. The summed E-state index contributed by atoms with van der Waals surface area (Å²) in [4.78, 5) is 0. The normalized spacial score (nSPS) is 10.8. The zero-order valence-electron chi connectivity index (χ0n) is 5.96. The predicted molar refractivity (Wildman–Crippen MR) is 39.2 cm³/mol. The van der Waals surface area contributed by atoms with Crippen LogP contribution in [0.5, 0.6) is 0 Å². The van der Waals surface area contributed by atoms with Gasteiger partial charge in [-0.3, -0.25) is 5.10 Å². The van der Waals surface area contributed by atoms with Crippen molar-refractivity contribution in [3.8, 4) is 0 Å². The Morgan fingerprint density at radius 3 is 2.80 bits per heavy atom. The Labute approximate surface area is 59.6 Å². The number of hydrogen-bond donors (Lipinski definition) is 3. The molecule has 0 spiro atoms. The fraction of sp³-hybridized carbons (Fsp3) is 0.500. The fourth-order valence-electron chi connectivity index (χ4n) is 0.821. The first-order valence-electron chi connectivity index (χ1n) is 3.20. The van der Waals surface area contributed by atoms with Crippen molar-refractivity contribution in [1.82, 2.24) is 10.2 Å². The van der Waals surface area contributed by atoms with E-state index in [4.69, 9.17) is 11.5 Å². The van der Waals surface area contributed by atoms with E-state index in [2.05, 4.69) is 10.2 Å². The van der Waals surface area contributed by atoms with E-state index in [9.17, 15) is 0 Å². The highest BCUT2D eigenvalue weighted by Gasteiger charge is 2.00. The van der Waals surface area contributed by atoms with Gasteiger partial charge in [-0.1, -0.05) is 0 Å². The van der Waals surface area contributed by atoms with Gasteiger partial charge in [0.05, 0.1) is 11.9 Å². The number of H-pyrrole nitrogens is 1. The highest BCUT2D eigenvalue weighted by Crippen LogP contribution is 1.97. The molecule has 0 aliphatic carbocycles. The van der Waals surface area contributed by atoms with E-state index in [0.717, 1.165) is 11.4 Å². The number of aromatic nitrogens is 2. The maximum Gasteiger partial charge on any atom is 0.0653 e. The van der Waals surface area contributed by atoms with Gasteiger partial charge >= 0.3 is 0 Å². The molecule has 5 N–H and O–H groups in total. The van der Waals surface area contributed by atoms with Gasteiger partial charge in [-0.15, -0.1) is 0 Å². The first kappa shape index (κ1) is 7.24. The Balaban J connectivity index is 2.58. The van der Waals surface area contributed by atoms with Crippen molar-refractivity contribution in [2.45, 2.75) is 19.5 Å². The number of rotatable bonds is 2. The van der Waals surface area contributed by atoms with Crippen molar-refractivity contribution in [3.63, 3.8) is 0 Å². The molecule has 0 aliphatic rings. The molecule has 0 unspecified atom stereocenters. The lowest BCUT2D eigenvalue weighted by molar-refractivity contribution is 0.687. The molecule has 0 saturated carbocycles. The highest BCUT2D eigenvalue weighted by molar-refractivity contribution is 5.07. The van der Waals surface area contributed by atoms with Crippen molar-refractivity contribution in [3.05, 3.63) is 17.5 Å². The standard InChI is InChI=1S/C6H12N4/c1-4-2-5(10-9-4)3-6(7)8/h2,6H,3,7-8H2,1H3,(H,9,10). The van der Waals surface area contributed by atoms with E-state index in [-0.39, 0.29) is 6.17 Å². The van der Waals surface area contributed by atoms with Crippen LogP contribution in [0.1, 0.15) is 11.4 Å². The average Bonchev–Trinajstić information content (AvgIpc) is 2.13. The summed E-state index contributed by atoms with van der Waals surface area (Å²) in [6.07, 6.45) is 0.326. The van der Waals surface area contributed by atoms with Crippen LogP contribution in [0.2, 0.25) is 0 Å². The maximum atomic E-state index is 5.36. The van der Waals surface area contributed by atoms with Crippen LogP contribution in [-0.2, 0) is 6.42 Å². The van der Waals surface area contributed by atoms with Crippen LogP contribution in [0.25, 0.3) is 0 Å². The van der Waals surface area contributed by atoms with Gasteiger partial charge in [0.2, 0.25) is 0 Å². The topological polar surface area (TPSA) is 80.7 Å². The Hall–Kier alpha value is -0.870. The molecule has 0 bridgehead atoms. The second-order valence-corrected chi connectivity index (χ2v) is 2.41. The van der Waals surface area contributed by atoms with Crippen LogP contribution in [0.3, 0.4) is 0 Å². The van der Waals surface area contributed by atoms with Gasteiger partial charge in [0.25, 0.3) is 0 Å². The van der Waals surface area contributed by atoms with Crippen molar-refractivity contribution in [2.75, 3.05) is 0 Å². The van der Waals surface area contributed by atoms with Gasteiger partial charge < -0.3 is 11.5 Å². The minimum absolute atomic E-state index is 0.303. The second kappa shape index (κ2) is 2.81. The van der Waals surface area contributed by atoms with Gasteiger partial charge in [0, 0.05) is 12.1 Å². The van der Waals surface area contributed by atoms with Crippen LogP contribution in [0.15, 0.2) is 6.07 Å². The van der Waals surface area contributed by atoms with Crippen LogP contribution in [0, 0.1) is 6.92 Å². The third-order valence-corrected chi connectivity index (χ3v) is 1.20. The summed E-state index contributed by atoms with van der Waals surface area (Å²) in [6.45, 7) is 1.94. The number of hydrogen-bond acceptors (Lipinski definition) is 3. The SMILES string of the molecule is Cc1cc(CC(N)N)n[nH]1. The molecule has 0 saturated heterocycles. The molecule has 0 fully saturated rings. The van der Waals surface area contributed by atoms with E-state index < -0.39 is 0 Å². The van der Waals surface area contributed by atoms with Crippen molar-refractivity contribution in [1.29, 1.82) is 0 Å². The zero-order chi connectivity index (χ0) is 7.56. The van der Waals surface area contributed by atoms with Crippen LogP contribution in [0.4, 0.5) is 0 Å². The number of aryl methyl sites for hydroxylation is 1. The summed E-state index contributed by atoms with van der Waals surface area (Å²) in [5.41, 5.74) is 12.7. The molecule has 4 heteroatoms. The summed E-state index contributed by atoms with van der Waals surface area (Å²) in [5.74, 6) is 0. The second-order valence-electron chi connectivity index (χ2n) is 2.41. The zero-order valence-corrected chi connectivity index (χ0v) is 5.96. The Morgan fingerprint density at radius 1 is 1.70 bits per heavy atom. The lowest BCUT2D eigenvalue weighted by Gasteiger charge is -1.98. The molecule has 0 atom stereocenters. The van der Waals surface area contributed by atoms with E-state index >= 15 is 0 Å². The maximum absolute atomic E-state index is 5.36. The smallest absolute Gasteiger partial charge is 0.0653 e. The quantitative estimate of drug-likeness (QED) is 0.484. The van der Waals surface area contributed by atoms with Gasteiger partial charge in [0.15, 0.2) is 0 Å². The first-order chi connectivity index (χ1) is 4.68. The van der Waals surface area contributed by atoms with Crippen molar-refractivity contribution < 1.29 is 0 Å². The molecule has 0 radical (unpaired) electrons. The van der Waals surface area contributed by atoms with E-state index in [1.165, 1.54) is 0 Å². The molecule has 0 aromatic carbocycles. The molecule has 0 aliphatic heterocycles. The molecule has 10 heavy (non-hydrogen) atoms. The summed E-state index contributed by atoms with van der Waals surface area (Å²) in [5, 5.41) is 6.78. The third kappa shape index (κ3) is 1.82. The van der Waals surface area contributed by atoms with Crippen LogP contribution < -0.4 is 11.5 Å². The fourth-order valence-corrected chi connectivity index (χ4v) is 0.821. The largest absolute Gasteiger partial charge is 0.316 e. The highest BCUT2D eigenvalue weighted by atomic mass is 15.1. The lowest BCUT2D eigenvalue weighted by Crippen LogP contribution is -2.32. The molecule has 1 aromatic rings. The van der Waals surface area contributed by atoms with E-state index in [1.807, 2.05) is 13.0 Å². The lowest BCUT2D eigenvalue weighted by atomic mass is 10.2. The Bertz CT molecular complexity index is 203. The molecule has 1 heterocycles. The Morgan fingerprint density at radius 2 is 2.40 bits per heavy atom. The number of nitrogens with one attached hydrogen (secondary N) is 1. The van der Waals surface area contributed by atoms with Gasteiger partial charge in [0.1, 0.15) is 0 Å². The molecular weight excluding hydrogens is 128 g/mol. The van der Waals surface area contributed by atoms with Crippen LogP contribution >= 0.6 is 0 Å². The molecule has 0 amide bonds. The molecule has 1 aromatic heterocycles.